The van der Waals surface area contributed by atoms with Gasteiger partial charge in [-0.05, 0) is 43.4 Å². The fourth-order valence-corrected chi connectivity index (χ4v) is 2.41. The van der Waals surface area contributed by atoms with Gasteiger partial charge in [-0.2, -0.15) is 0 Å². The van der Waals surface area contributed by atoms with Crippen LogP contribution >= 0.6 is 12.2 Å². The van der Waals surface area contributed by atoms with Crippen molar-refractivity contribution in [3.63, 3.8) is 0 Å². The molecule has 0 saturated heterocycles. The Labute approximate surface area is 153 Å². The molecule has 26 heavy (non-hydrogen) atoms. The smallest absolute Gasteiger partial charge is 0.287 e. The lowest BCUT2D eigenvalue weighted by atomic mass is 10.1. The number of hydrogen-bond donors (Lipinski definition) is 1. The second-order valence-electron chi connectivity index (χ2n) is 5.55. The number of nitro groups is 1. The summed E-state index contributed by atoms with van der Waals surface area (Å²) in [6, 6.07) is 13.1. The number of amides is 1. The molecular formula is C17H14N4O4S. The van der Waals surface area contributed by atoms with Crippen LogP contribution in [0.15, 0.2) is 52.9 Å². The van der Waals surface area contributed by atoms with E-state index in [1.165, 1.54) is 28.9 Å². The van der Waals surface area contributed by atoms with Crippen LogP contribution in [0.3, 0.4) is 0 Å². The molecule has 9 heteroatoms. The summed E-state index contributed by atoms with van der Waals surface area (Å²) in [5.74, 6) is -0.0446. The highest BCUT2D eigenvalue weighted by molar-refractivity contribution is 7.71. The van der Waals surface area contributed by atoms with Gasteiger partial charge in [0.15, 0.2) is 0 Å². The summed E-state index contributed by atoms with van der Waals surface area (Å²) in [6.45, 7) is 1.84. The van der Waals surface area contributed by atoms with E-state index in [-0.39, 0.29) is 23.0 Å². The molecule has 8 nitrogen and oxygen atoms in total. The van der Waals surface area contributed by atoms with Crippen LogP contribution in [0, 0.1) is 21.9 Å². The minimum atomic E-state index is -0.507. The van der Waals surface area contributed by atoms with Crippen molar-refractivity contribution in [2.75, 3.05) is 5.32 Å². The van der Waals surface area contributed by atoms with E-state index in [1.807, 2.05) is 31.2 Å². The van der Waals surface area contributed by atoms with Gasteiger partial charge in [0.05, 0.1) is 4.92 Å². The SMILES string of the molecule is Cc1ccc(-c2nn(CC(=O)Nc3ccc([N+](=O)[O-])cc3)c(=S)o2)cc1. The topological polar surface area (TPSA) is 103 Å². The zero-order chi connectivity index (χ0) is 18.7. The number of carbonyl (C=O) groups is 1. The molecule has 0 aliphatic heterocycles. The van der Waals surface area contributed by atoms with Crippen molar-refractivity contribution in [3.8, 4) is 11.5 Å². The molecule has 0 atom stereocenters. The van der Waals surface area contributed by atoms with Gasteiger partial charge in [0.1, 0.15) is 6.54 Å². The number of aromatic nitrogens is 2. The highest BCUT2D eigenvalue weighted by Gasteiger charge is 2.12. The van der Waals surface area contributed by atoms with Gasteiger partial charge >= 0.3 is 0 Å². The Kier molecular flexibility index (Phi) is 4.90. The summed E-state index contributed by atoms with van der Waals surface area (Å²) in [4.78, 5) is 22.4. The lowest BCUT2D eigenvalue weighted by molar-refractivity contribution is -0.384. The van der Waals surface area contributed by atoms with E-state index in [2.05, 4.69) is 10.4 Å². The molecule has 0 spiro atoms. The molecule has 0 bridgehead atoms. The number of nitrogens with one attached hydrogen (secondary N) is 1. The lowest BCUT2D eigenvalue weighted by Gasteiger charge is -2.04. The number of nitro benzene ring substituents is 1. The number of carbonyl (C=O) groups excluding carboxylic acids is 1. The minimum absolute atomic E-state index is 0.0514. The third-order valence-electron chi connectivity index (χ3n) is 3.56. The van der Waals surface area contributed by atoms with E-state index in [1.54, 1.807) is 0 Å². The molecule has 0 aliphatic rings. The summed E-state index contributed by atoms with van der Waals surface area (Å²) in [5, 5.41) is 17.5. The number of hydrogen-bond acceptors (Lipinski definition) is 6. The first-order valence-electron chi connectivity index (χ1n) is 7.61. The number of aryl methyl sites for hydroxylation is 1. The molecule has 1 aromatic heterocycles. The van der Waals surface area contributed by atoms with E-state index in [0.29, 0.717) is 11.6 Å². The fourth-order valence-electron chi connectivity index (χ4n) is 2.22. The Morgan fingerprint density at radius 2 is 1.88 bits per heavy atom. The second-order valence-corrected chi connectivity index (χ2v) is 5.90. The summed E-state index contributed by atoms with van der Waals surface area (Å²) in [7, 11) is 0. The van der Waals surface area contributed by atoms with Gasteiger partial charge in [0.25, 0.3) is 10.5 Å². The molecule has 0 fully saturated rings. The van der Waals surface area contributed by atoms with Crippen LogP contribution < -0.4 is 5.32 Å². The zero-order valence-electron chi connectivity index (χ0n) is 13.7. The molecule has 0 aliphatic carbocycles. The summed E-state index contributed by atoms with van der Waals surface area (Å²) >= 11 is 5.11. The molecule has 3 aromatic rings. The largest absolute Gasteiger partial charge is 0.409 e. The Hall–Kier alpha value is -3.33. The lowest BCUT2D eigenvalue weighted by Crippen LogP contribution is -2.19. The van der Waals surface area contributed by atoms with Gasteiger partial charge in [0, 0.05) is 23.4 Å². The van der Waals surface area contributed by atoms with Crippen molar-refractivity contribution in [2.45, 2.75) is 13.5 Å². The number of rotatable bonds is 5. The maximum absolute atomic E-state index is 12.1. The number of nitrogens with zero attached hydrogens (tertiary/aromatic N) is 3. The zero-order valence-corrected chi connectivity index (χ0v) is 14.5. The van der Waals surface area contributed by atoms with Crippen LogP contribution in [0.4, 0.5) is 11.4 Å². The van der Waals surface area contributed by atoms with Gasteiger partial charge in [-0.3, -0.25) is 14.9 Å². The van der Waals surface area contributed by atoms with Crippen LogP contribution in [-0.4, -0.2) is 20.6 Å². The van der Waals surface area contributed by atoms with Crippen molar-refractivity contribution in [3.05, 3.63) is 69.0 Å². The first-order chi connectivity index (χ1) is 12.4. The van der Waals surface area contributed by atoms with Gasteiger partial charge in [-0.15, -0.1) is 5.10 Å². The maximum atomic E-state index is 12.1. The van der Waals surface area contributed by atoms with Gasteiger partial charge in [-0.1, -0.05) is 17.7 Å². The Morgan fingerprint density at radius 1 is 1.23 bits per heavy atom. The molecular weight excluding hydrogens is 356 g/mol. The Morgan fingerprint density at radius 3 is 2.50 bits per heavy atom. The quantitative estimate of drug-likeness (QED) is 0.417. The van der Waals surface area contributed by atoms with E-state index >= 15 is 0 Å². The molecule has 1 N–H and O–H groups in total. The van der Waals surface area contributed by atoms with Crippen molar-refractivity contribution in [1.82, 2.24) is 9.78 Å². The second kappa shape index (κ2) is 7.28. The predicted molar refractivity (Wildman–Crippen MR) is 97.2 cm³/mol. The molecule has 2 aromatic carbocycles. The van der Waals surface area contributed by atoms with Crippen LogP contribution in [0.1, 0.15) is 5.56 Å². The van der Waals surface area contributed by atoms with E-state index in [0.717, 1.165) is 11.1 Å². The third kappa shape index (κ3) is 4.01. The molecule has 132 valence electrons. The maximum Gasteiger partial charge on any atom is 0.287 e. The molecule has 0 saturated carbocycles. The van der Waals surface area contributed by atoms with Gasteiger partial charge in [0.2, 0.25) is 11.8 Å². The van der Waals surface area contributed by atoms with Crippen LogP contribution in [0.2, 0.25) is 0 Å². The number of non-ortho nitro benzene ring substituents is 1. The van der Waals surface area contributed by atoms with Gasteiger partial charge in [-0.25, -0.2) is 4.68 Å². The molecule has 1 heterocycles. The first-order valence-corrected chi connectivity index (χ1v) is 8.02. The highest BCUT2D eigenvalue weighted by Crippen LogP contribution is 2.19. The normalized spacial score (nSPS) is 10.5. The Balaban J connectivity index is 1.70. The van der Waals surface area contributed by atoms with Gasteiger partial charge < -0.3 is 9.73 Å². The third-order valence-corrected chi connectivity index (χ3v) is 3.85. The average molecular weight is 370 g/mol. The predicted octanol–water partition coefficient (Wildman–Crippen LogP) is 3.73. The molecule has 1 amide bonds. The summed E-state index contributed by atoms with van der Waals surface area (Å²) < 4.78 is 6.73. The number of anilines is 1. The van der Waals surface area contributed by atoms with Crippen molar-refractivity contribution in [1.29, 1.82) is 0 Å². The van der Waals surface area contributed by atoms with Crippen LogP contribution in [0.5, 0.6) is 0 Å². The van der Waals surface area contributed by atoms with E-state index in [4.69, 9.17) is 16.6 Å². The van der Waals surface area contributed by atoms with E-state index in [9.17, 15) is 14.9 Å². The molecule has 0 radical (unpaired) electrons. The number of benzene rings is 2. The monoisotopic (exact) mass is 370 g/mol. The van der Waals surface area contributed by atoms with Crippen molar-refractivity contribution in [2.24, 2.45) is 0 Å². The van der Waals surface area contributed by atoms with Crippen LogP contribution in [0.25, 0.3) is 11.5 Å². The minimum Gasteiger partial charge on any atom is -0.409 e. The summed E-state index contributed by atoms with van der Waals surface area (Å²) in [6.07, 6.45) is 0. The van der Waals surface area contributed by atoms with Crippen molar-refractivity contribution < 1.29 is 14.1 Å². The molecule has 0 unspecified atom stereocenters. The summed E-state index contributed by atoms with van der Waals surface area (Å²) in [5.41, 5.74) is 2.25. The fraction of sp³-hybridized carbons (Fsp3) is 0.118. The standard InChI is InChI=1S/C17H14N4O4S/c1-11-2-4-12(5-3-11)16-19-20(17(26)25-16)10-15(22)18-13-6-8-14(9-7-13)21(23)24/h2-9H,10H2,1H3,(H,18,22). The first kappa shape index (κ1) is 17.5. The van der Waals surface area contributed by atoms with Crippen molar-refractivity contribution >= 4 is 29.5 Å². The average Bonchev–Trinajstić information content (AvgIpc) is 2.96. The Bertz CT molecular complexity index is 1010. The van der Waals surface area contributed by atoms with Crippen LogP contribution in [-0.2, 0) is 11.3 Å². The highest BCUT2D eigenvalue weighted by atomic mass is 32.1. The molecule has 3 rings (SSSR count). The van der Waals surface area contributed by atoms with E-state index < -0.39 is 4.92 Å².